The predicted molar refractivity (Wildman–Crippen MR) is 67.8 cm³/mol. The molecule has 2 aromatic heterocycles. The molecule has 0 spiro atoms. The summed E-state index contributed by atoms with van der Waals surface area (Å²) in [4.78, 5) is 22.1. The van der Waals surface area contributed by atoms with E-state index in [9.17, 15) is 4.79 Å². The highest BCUT2D eigenvalue weighted by Crippen LogP contribution is 2.13. The van der Waals surface area contributed by atoms with Gasteiger partial charge in [0.25, 0.3) is 5.56 Å². The number of hydrogen-bond donors (Lipinski definition) is 2. The molecule has 0 fully saturated rings. The summed E-state index contributed by atoms with van der Waals surface area (Å²) in [5, 5.41) is 3.06. The van der Waals surface area contributed by atoms with Crippen molar-refractivity contribution in [2.75, 3.05) is 19.0 Å². The molecule has 0 saturated heterocycles. The molecule has 0 atom stereocenters. The average molecular weight is 246 g/mol. The van der Waals surface area contributed by atoms with Gasteiger partial charge in [0.1, 0.15) is 0 Å². The van der Waals surface area contributed by atoms with Crippen LogP contribution in [0.5, 0.6) is 5.75 Å². The molecule has 0 bridgehead atoms. The third-order valence-electron chi connectivity index (χ3n) is 2.41. The van der Waals surface area contributed by atoms with E-state index in [1.807, 2.05) is 18.2 Å². The van der Waals surface area contributed by atoms with E-state index in [4.69, 9.17) is 4.74 Å². The Kier molecular flexibility index (Phi) is 3.90. The van der Waals surface area contributed by atoms with Gasteiger partial charge in [-0.25, -0.2) is 4.98 Å². The molecule has 0 aliphatic rings. The largest absolute Gasteiger partial charge is 0.489 e. The van der Waals surface area contributed by atoms with Crippen LogP contribution in [0.3, 0.4) is 0 Å². The van der Waals surface area contributed by atoms with Crippen molar-refractivity contribution in [1.82, 2.24) is 15.0 Å². The maximum atomic E-state index is 11.4. The number of nitrogens with one attached hydrogen (secondary N) is 2. The number of hydrogen-bond acceptors (Lipinski definition) is 5. The van der Waals surface area contributed by atoms with Crippen molar-refractivity contribution in [3.63, 3.8) is 0 Å². The van der Waals surface area contributed by atoms with Gasteiger partial charge in [-0.05, 0) is 12.1 Å². The molecule has 0 radical (unpaired) electrons. The highest BCUT2D eigenvalue weighted by atomic mass is 16.5. The second kappa shape index (κ2) is 5.81. The predicted octanol–water partition coefficient (Wildman–Crippen LogP) is 0.828. The Morgan fingerprint density at radius 1 is 1.39 bits per heavy atom. The summed E-state index contributed by atoms with van der Waals surface area (Å²) in [6.45, 7) is 0.629. The summed E-state index contributed by atoms with van der Waals surface area (Å²) in [6.07, 6.45) is 3.84. The smallest absolute Gasteiger partial charge is 0.295 e. The van der Waals surface area contributed by atoms with E-state index in [-0.39, 0.29) is 11.3 Å². The van der Waals surface area contributed by atoms with Crippen LogP contribution in [0.1, 0.15) is 5.69 Å². The van der Waals surface area contributed by atoms with Crippen molar-refractivity contribution < 1.29 is 4.74 Å². The van der Waals surface area contributed by atoms with Crippen molar-refractivity contribution in [2.24, 2.45) is 0 Å². The van der Waals surface area contributed by atoms with Gasteiger partial charge in [-0.2, -0.15) is 0 Å². The summed E-state index contributed by atoms with van der Waals surface area (Å²) in [7, 11) is 1.44. The molecule has 2 heterocycles. The highest BCUT2D eigenvalue weighted by Gasteiger charge is 2.07. The zero-order valence-corrected chi connectivity index (χ0v) is 10.0. The van der Waals surface area contributed by atoms with Gasteiger partial charge in [-0.3, -0.25) is 9.78 Å². The molecular weight excluding hydrogens is 232 g/mol. The molecular formula is C12H14N4O2. The van der Waals surface area contributed by atoms with E-state index in [1.54, 1.807) is 6.20 Å². The second-order valence-corrected chi connectivity index (χ2v) is 3.61. The van der Waals surface area contributed by atoms with E-state index in [0.29, 0.717) is 12.4 Å². The number of methoxy groups -OCH3 is 1. The zero-order valence-electron chi connectivity index (χ0n) is 10.0. The lowest BCUT2D eigenvalue weighted by Gasteiger charge is -2.08. The summed E-state index contributed by atoms with van der Waals surface area (Å²) < 4.78 is 4.99. The molecule has 18 heavy (non-hydrogen) atoms. The number of ether oxygens (including phenoxy) is 1. The average Bonchev–Trinajstić information content (AvgIpc) is 2.40. The lowest BCUT2D eigenvalue weighted by molar-refractivity contribution is 0.408. The molecule has 6 heteroatoms. The molecule has 94 valence electrons. The third kappa shape index (κ3) is 2.85. The molecule has 0 saturated carbocycles. The van der Waals surface area contributed by atoms with Crippen molar-refractivity contribution in [3.05, 3.63) is 46.8 Å². The van der Waals surface area contributed by atoms with Crippen molar-refractivity contribution >= 4 is 5.82 Å². The van der Waals surface area contributed by atoms with E-state index >= 15 is 0 Å². The minimum atomic E-state index is -0.298. The van der Waals surface area contributed by atoms with Crippen molar-refractivity contribution in [2.45, 2.75) is 6.42 Å². The number of aromatic nitrogens is 3. The zero-order chi connectivity index (χ0) is 12.8. The summed E-state index contributed by atoms with van der Waals surface area (Å²) in [5.74, 6) is 0.635. The maximum Gasteiger partial charge on any atom is 0.295 e. The van der Waals surface area contributed by atoms with Crippen LogP contribution >= 0.6 is 0 Å². The standard InChI is InChI=1S/C12H14N4O2/c1-18-10-11(15-8-16-12(10)17)14-7-5-9-4-2-3-6-13-9/h2-4,6,8H,5,7H2,1H3,(H2,14,15,16,17). The van der Waals surface area contributed by atoms with Gasteiger partial charge in [0.15, 0.2) is 5.82 Å². The van der Waals surface area contributed by atoms with Gasteiger partial charge in [0.05, 0.1) is 13.4 Å². The number of H-pyrrole nitrogens is 1. The van der Waals surface area contributed by atoms with Crippen LogP contribution < -0.4 is 15.6 Å². The fraction of sp³-hybridized carbons (Fsp3) is 0.250. The first kappa shape index (κ1) is 12.1. The first-order chi connectivity index (χ1) is 8.81. The molecule has 2 aromatic rings. The Balaban J connectivity index is 1.99. The topological polar surface area (TPSA) is 79.9 Å². The monoisotopic (exact) mass is 246 g/mol. The Morgan fingerprint density at radius 2 is 2.28 bits per heavy atom. The van der Waals surface area contributed by atoms with Crippen LogP contribution in [0, 0.1) is 0 Å². The highest BCUT2D eigenvalue weighted by molar-refractivity contribution is 5.47. The maximum absolute atomic E-state index is 11.4. The Bertz CT molecular complexity index is 554. The van der Waals surface area contributed by atoms with Gasteiger partial charge >= 0.3 is 0 Å². The van der Waals surface area contributed by atoms with Crippen LogP contribution in [0.2, 0.25) is 0 Å². The third-order valence-corrected chi connectivity index (χ3v) is 2.41. The summed E-state index contributed by atoms with van der Waals surface area (Å²) >= 11 is 0. The fourth-order valence-electron chi connectivity index (χ4n) is 1.56. The molecule has 0 aromatic carbocycles. The number of rotatable bonds is 5. The summed E-state index contributed by atoms with van der Waals surface area (Å²) in [5.41, 5.74) is 0.682. The van der Waals surface area contributed by atoms with Crippen LogP contribution in [0.25, 0.3) is 0 Å². The lowest BCUT2D eigenvalue weighted by Crippen LogP contribution is -2.15. The van der Waals surface area contributed by atoms with Crippen LogP contribution in [0.4, 0.5) is 5.82 Å². The number of anilines is 1. The van der Waals surface area contributed by atoms with Gasteiger partial charge in [0, 0.05) is 24.9 Å². The minimum Gasteiger partial charge on any atom is -0.489 e. The van der Waals surface area contributed by atoms with Crippen LogP contribution in [-0.4, -0.2) is 28.6 Å². The Hall–Kier alpha value is -2.37. The molecule has 0 aliphatic carbocycles. The Morgan fingerprint density at radius 3 is 3.00 bits per heavy atom. The molecule has 0 amide bonds. The van der Waals surface area contributed by atoms with Crippen molar-refractivity contribution in [3.8, 4) is 5.75 Å². The van der Waals surface area contributed by atoms with E-state index in [2.05, 4.69) is 20.3 Å². The van der Waals surface area contributed by atoms with Crippen LogP contribution in [0.15, 0.2) is 35.5 Å². The quantitative estimate of drug-likeness (QED) is 0.816. The summed E-state index contributed by atoms with van der Waals surface area (Å²) in [6, 6.07) is 5.76. The molecule has 6 nitrogen and oxygen atoms in total. The van der Waals surface area contributed by atoms with E-state index < -0.39 is 0 Å². The van der Waals surface area contributed by atoms with E-state index in [0.717, 1.165) is 12.1 Å². The first-order valence-electron chi connectivity index (χ1n) is 5.56. The minimum absolute atomic E-state index is 0.193. The first-order valence-corrected chi connectivity index (χ1v) is 5.56. The van der Waals surface area contributed by atoms with Gasteiger partial charge in [-0.15, -0.1) is 0 Å². The lowest BCUT2D eigenvalue weighted by atomic mass is 10.3. The van der Waals surface area contributed by atoms with E-state index in [1.165, 1.54) is 13.4 Å². The van der Waals surface area contributed by atoms with Crippen LogP contribution in [-0.2, 0) is 6.42 Å². The fourth-order valence-corrected chi connectivity index (χ4v) is 1.56. The number of nitrogens with zero attached hydrogens (tertiary/aromatic N) is 2. The number of aromatic amines is 1. The molecule has 0 aliphatic heterocycles. The second-order valence-electron chi connectivity index (χ2n) is 3.61. The van der Waals surface area contributed by atoms with Gasteiger partial charge in [0.2, 0.25) is 5.75 Å². The van der Waals surface area contributed by atoms with Crippen molar-refractivity contribution in [1.29, 1.82) is 0 Å². The normalized spacial score (nSPS) is 10.1. The van der Waals surface area contributed by atoms with Gasteiger partial charge in [-0.1, -0.05) is 6.07 Å². The van der Waals surface area contributed by atoms with Gasteiger partial charge < -0.3 is 15.0 Å². The molecule has 2 N–H and O–H groups in total. The number of pyridine rings is 1. The Labute approximate surface area is 104 Å². The molecule has 0 unspecified atom stereocenters. The SMILES string of the molecule is COc1c(NCCc2ccccn2)nc[nH]c1=O. The molecule has 2 rings (SSSR count).